The Morgan fingerprint density at radius 2 is 2.00 bits per heavy atom. The standard InChI is InChI=1S/C12H21FN2O/c1-10-12(11(2)16-14-10)9-15(3)8-6-4-5-7-13/h4-9H2,1-3H3. The molecule has 0 saturated carbocycles. The van der Waals surface area contributed by atoms with Crippen LogP contribution >= 0.6 is 0 Å². The normalized spacial score (nSPS) is 11.3. The highest BCUT2D eigenvalue weighted by molar-refractivity contribution is 5.20. The number of aromatic nitrogens is 1. The van der Waals surface area contributed by atoms with Crippen LogP contribution in [0.5, 0.6) is 0 Å². The molecule has 0 aromatic carbocycles. The van der Waals surface area contributed by atoms with Crippen LogP contribution in [-0.2, 0) is 6.54 Å². The SMILES string of the molecule is Cc1noc(C)c1CN(C)CCCCCF. The molecule has 1 rings (SSSR count). The minimum absolute atomic E-state index is 0.201. The maximum absolute atomic E-state index is 11.9. The molecule has 0 atom stereocenters. The topological polar surface area (TPSA) is 29.3 Å². The van der Waals surface area contributed by atoms with Crippen molar-refractivity contribution in [3.8, 4) is 0 Å². The van der Waals surface area contributed by atoms with E-state index in [-0.39, 0.29) is 6.67 Å². The van der Waals surface area contributed by atoms with Crippen LogP contribution in [0.3, 0.4) is 0 Å². The zero-order valence-corrected chi connectivity index (χ0v) is 10.4. The molecular formula is C12H21FN2O. The predicted octanol–water partition coefficient (Wildman–Crippen LogP) is 2.86. The van der Waals surface area contributed by atoms with E-state index in [1.807, 2.05) is 13.8 Å². The lowest BCUT2D eigenvalue weighted by molar-refractivity contribution is 0.310. The summed E-state index contributed by atoms with van der Waals surface area (Å²) in [5.41, 5.74) is 2.14. The van der Waals surface area contributed by atoms with E-state index in [0.29, 0.717) is 6.42 Å². The van der Waals surface area contributed by atoms with Crippen LogP contribution in [-0.4, -0.2) is 30.3 Å². The lowest BCUT2D eigenvalue weighted by Gasteiger charge is -2.15. The van der Waals surface area contributed by atoms with Gasteiger partial charge in [0.15, 0.2) is 0 Å². The molecule has 1 heterocycles. The molecule has 0 fully saturated rings. The lowest BCUT2D eigenvalue weighted by atomic mass is 10.2. The Morgan fingerprint density at radius 1 is 1.25 bits per heavy atom. The second-order valence-corrected chi connectivity index (χ2v) is 4.29. The van der Waals surface area contributed by atoms with E-state index in [9.17, 15) is 4.39 Å². The van der Waals surface area contributed by atoms with E-state index >= 15 is 0 Å². The van der Waals surface area contributed by atoms with Gasteiger partial charge in [0.25, 0.3) is 0 Å². The van der Waals surface area contributed by atoms with Crippen molar-refractivity contribution < 1.29 is 8.91 Å². The number of hydrogen-bond acceptors (Lipinski definition) is 3. The number of hydrogen-bond donors (Lipinski definition) is 0. The third kappa shape index (κ3) is 3.93. The minimum atomic E-state index is -0.201. The van der Waals surface area contributed by atoms with Crippen LogP contribution in [0.4, 0.5) is 4.39 Å². The average Bonchev–Trinajstić information content (AvgIpc) is 2.56. The van der Waals surface area contributed by atoms with E-state index in [1.165, 1.54) is 5.56 Å². The van der Waals surface area contributed by atoms with Crippen LogP contribution in [0.15, 0.2) is 4.52 Å². The van der Waals surface area contributed by atoms with Crippen LogP contribution in [0.2, 0.25) is 0 Å². The Bertz CT molecular complexity index is 292. The maximum Gasteiger partial charge on any atom is 0.138 e. The second kappa shape index (κ2) is 6.63. The van der Waals surface area contributed by atoms with Crippen molar-refractivity contribution >= 4 is 0 Å². The molecule has 0 saturated heterocycles. The summed E-state index contributed by atoms with van der Waals surface area (Å²) in [6.07, 6.45) is 2.69. The van der Waals surface area contributed by atoms with Gasteiger partial charge in [-0.25, -0.2) is 0 Å². The summed E-state index contributed by atoms with van der Waals surface area (Å²) in [6, 6.07) is 0. The van der Waals surface area contributed by atoms with E-state index in [1.54, 1.807) is 0 Å². The summed E-state index contributed by atoms with van der Waals surface area (Å²) in [6.45, 7) is 5.55. The highest BCUT2D eigenvalue weighted by Gasteiger charge is 2.10. The molecule has 0 unspecified atom stereocenters. The molecular weight excluding hydrogens is 207 g/mol. The molecule has 1 aromatic heterocycles. The zero-order valence-electron chi connectivity index (χ0n) is 10.4. The maximum atomic E-state index is 11.9. The van der Waals surface area contributed by atoms with Gasteiger partial charge in [-0.3, -0.25) is 4.39 Å². The van der Waals surface area contributed by atoms with Crippen LogP contribution in [0, 0.1) is 13.8 Å². The molecule has 0 aliphatic carbocycles. The van der Waals surface area contributed by atoms with Gasteiger partial charge in [0, 0.05) is 12.1 Å². The van der Waals surface area contributed by atoms with E-state index in [4.69, 9.17) is 4.52 Å². The molecule has 0 spiro atoms. The summed E-state index contributed by atoms with van der Waals surface area (Å²) >= 11 is 0. The third-order valence-corrected chi connectivity index (χ3v) is 2.78. The summed E-state index contributed by atoms with van der Waals surface area (Å²) in [4.78, 5) is 2.23. The van der Waals surface area contributed by atoms with Gasteiger partial charge in [-0.1, -0.05) is 5.16 Å². The van der Waals surface area contributed by atoms with Gasteiger partial charge in [-0.15, -0.1) is 0 Å². The Labute approximate surface area is 96.6 Å². The molecule has 1 aromatic rings. The number of alkyl halides is 1. The number of aryl methyl sites for hydroxylation is 2. The lowest BCUT2D eigenvalue weighted by Crippen LogP contribution is -2.19. The van der Waals surface area contributed by atoms with Gasteiger partial charge in [0.05, 0.1) is 12.4 Å². The summed E-state index contributed by atoms with van der Waals surface area (Å²) < 4.78 is 17.0. The smallest absolute Gasteiger partial charge is 0.138 e. The molecule has 0 aliphatic rings. The molecule has 0 amide bonds. The van der Waals surface area contributed by atoms with Gasteiger partial charge < -0.3 is 9.42 Å². The summed E-state index contributed by atoms with van der Waals surface area (Å²) in [7, 11) is 2.07. The van der Waals surface area contributed by atoms with E-state index < -0.39 is 0 Å². The summed E-state index contributed by atoms with van der Waals surface area (Å²) in [5.74, 6) is 0.896. The van der Waals surface area contributed by atoms with Crippen molar-refractivity contribution in [3.05, 3.63) is 17.0 Å². The Morgan fingerprint density at radius 3 is 2.56 bits per heavy atom. The molecule has 92 valence electrons. The van der Waals surface area contributed by atoms with Gasteiger partial charge in [-0.05, 0) is 46.7 Å². The first-order valence-corrected chi connectivity index (χ1v) is 5.81. The van der Waals surface area contributed by atoms with Gasteiger partial charge in [-0.2, -0.15) is 0 Å². The highest BCUT2D eigenvalue weighted by Crippen LogP contribution is 2.14. The van der Waals surface area contributed by atoms with Crippen molar-refractivity contribution in [2.24, 2.45) is 0 Å². The quantitative estimate of drug-likeness (QED) is 0.672. The van der Waals surface area contributed by atoms with Crippen molar-refractivity contribution in [2.45, 2.75) is 39.7 Å². The average molecular weight is 228 g/mol. The molecule has 0 aliphatic heterocycles. The highest BCUT2D eigenvalue weighted by atomic mass is 19.1. The molecule has 16 heavy (non-hydrogen) atoms. The van der Waals surface area contributed by atoms with Crippen LogP contribution in [0.1, 0.15) is 36.3 Å². The molecule has 0 radical (unpaired) electrons. The number of halogens is 1. The Kier molecular flexibility index (Phi) is 5.46. The fourth-order valence-corrected chi connectivity index (χ4v) is 1.73. The van der Waals surface area contributed by atoms with Crippen molar-refractivity contribution in [1.82, 2.24) is 10.1 Å². The Hall–Kier alpha value is -0.900. The van der Waals surface area contributed by atoms with Crippen LogP contribution in [0.25, 0.3) is 0 Å². The molecule has 0 bridgehead atoms. The van der Waals surface area contributed by atoms with Crippen molar-refractivity contribution in [2.75, 3.05) is 20.3 Å². The van der Waals surface area contributed by atoms with E-state index in [0.717, 1.165) is 37.4 Å². The van der Waals surface area contributed by atoms with Gasteiger partial charge in [0.2, 0.25) is 0 Å². The number of rotatable bonds is 7. The fourth-order valence-electron chi connectivity index (χ4n) is 1.73. The second-order valence-electron chi connectivity index (χ2n) is 4.29. The summed E-state index contributed by atoms with van der Waals surface area (Å²) in [5, 5.41) is 3.93. The van der Waals surface area contributed by atoms with Crippen LogP contribution < -0.4 is 0 Å². The predicted molar refractivity (Wildman–Crippen MR) is 62.1 cm³/mol. The number of nitrogens with zero attached hydrogens (tertiary/aromatic N) is 2. The zero-order chi connectivity index (χ0) is 12.0. The third-order valence-electron chi connectivity index (χ3n) is 2.78. The molecule has 0 N–H and O–H groups in total. The van der Waals surface area contributed by atoms with Gasteiger partial charge >= 0.3 is 0 Å². The first-order chi connectivity index (χ1) is 7.65. The van der Waals surface area contributed by atoms with Crippen molar-refractivity contribution in [3.63, 3.8) is 0 Å². The first kappa shape index (κ1) is 13.2. The largest absolute Gasteiger partial charge is 0.361 e. The fraction of sp³-hybridized carbons (Fsp3) is 0.750. The first-order valence-electron chi connectivity index (χ1n) is 5.81. The van der Waals surface area contributed by atoms with E-state index in [2.05, 4.69) is 17.1 Å². The van der Waals surface area contributed by atoms with Crippen molar-refractivity contribution in [1.29, 1.82) is 0 Å². The monoisotopic (exact) mass is 228 g/mol. The molecule has 3 nitrogen and oxygen atoms in total. The number of unbranched alkanes of at least 4 members (excludes halogenated alkanes) is 2. The molecule has 4 heteroatoms. The Balaban J connectivity index is 2.31. The van der Waals surface area contributed by atoms with Gasteiger partial charge in [0.1, 0.15) is 5.76 Å². The minimum Gasteiger partial charge on any atom is -0.361 e.